The lowest BCUT2D eigenvalue weighted by molar-refractivity contribution is -0.383. The van der Waals surface area contributed by atoms with Gasteiger partial charge in [-0.3, -0.25) is 20.0 Å². The number of hydrogen-bond acceptors (Lipinski definition) is 7. The number of anilines is 1. The second kappa shape index (κ2) is 6.72. The summed E-state index contributed by atoms with van der Waals surface area (Å²) in [6.07, 6.45) is 3.25. The molecule has 0 radical (unpaired) electrons. The molecule has 8 heteroatoms. The van der Waals surface area contributed by atoms with Crippen molar-refractivity contribution in [1.29, 1.82) is 0 Å². The molecule has 0 spiro atoms. The number of nitrogens with zero attached hydrogens (tertiary/aromatic N) is 5. The maximum Gasteiger partial charge on any atom is 0.278 e. The minimum absolute atomic E-state index is 0.0937. The SMILES string of the molecule is Cc1cc(CN2CCN(c3ccc([N+](=O)[O-])c4cnccc34)CC2)on1. The van der Waals surface area contributed by atoms with Crippen molar-refractivity contribution in [2.75, 3.05) is 31.1 Å². The quantitative estimate of drug-likeness (QED) is 0.526. The molecule has 0 saturated carbocycles. The Morgan fingerprint density at radius 1 is 1.19 bits per heavy atom. The topological polar surface area (TPSA) is 88.5 Å². The van der Waals surface area contributed by atoms with Crippen LogP contribution in [-0.4, -0.2) is 46.1 Å². The van der Waals surface area contributed by atoms with Crippen LogP contribution in [-0.2, 0) is 6.54 Å². The first-order valence-corrected chi connectivity index (χ1v) is 8.52. The molecule has 4 rings (SSSR count). The normalized spacial score (nSPS) is 15.5. The molecule has 1 aliphatic heterocycles. The summed E-state index contributed by atoms with van der Waals surface area (Å²) in [4.78, 5) is 19.6. The molecule has 0 bridgehead atoms. The monoisotopic (exact) mass is 353 g/mol. The van der Waals surface area contributed by atoms with E-state index < -0.39 is 0 Å². The highest BCUT2D eigenvalue weighted by atomic mass is 16.6. The summed E-state index contributed by atoms with van der Waals surface area (Å²) in [5.41, 5.74) is 2.00. The standard InChI is InChI=1S/C18H19N5O3/c1-13-10-14(26-20-13)12-21-6-8-22(9-7-21)17-2-3-18(23(24)25)16-11-19-5-4-15(16)17/h2-5,10-11H,6-9,12H2,1H3. The Morgan fingerprint density at radius 3 is 2.69 bits per heavy atom. The molecule has 1 aromatic carbocycles. The molecule has 1 saturated heterocycles. The van der Waals surface area contributed by atoms with Gasteiger partial charge in [-0.1, -0.05) is 5.16 Å². The molecule has 26 heavy (non-hydrogen) atoms. The van der Waals surface area contributed by atoms with E-state index in [0.717, 1.165) is 55.3 Å². The Kier molecular flexibility index (Phi) is 4.26. The summed E-state index contributed by atoms with van der Waals surface area (Å²) in [6.45, 7) is 6.15. The van der Waals surface area contributed by atoms with Crippen LogP contribution < -0.4 is 4.90 Å². The Morgan fingerprint density at radius 2 is 2.00 bits per heavy atom. The zero-order chi connectivity index (χ0) is 18.1. The third kappa shape index (κ3) is 3.11. The summed E-state index contributed by atoms with van der Waals surface area (Å²) in [5.74, 6) is 0.878. The highest BCUT2D eigenvalue weighted by molar-refractivity contribution is 5.99. The largest absolute Gasteiger partial charge is 0.368 e. The van der Waals surface area contributed by atoms with E-state index in [2.05, 4.69) is 19.9 Å². The van der Waals surface area contributed by atoms with Crippen LogP contribution in [0.15, 0.2) is 41.2 Å². The number of hydrogen-bond donors (Lipinski definition) is 0. The van der Waals surface area contributed by atoms with Gasteiger partial charge in [-0.15, -0.1) is 0 Å². The van der Waals surface area contributed by atoms with Crippen LogP contribution in [0.1, 0.15) is 11.5 Å². The molecule has 8 nitrogen and oxygen atoms in total. The number of nitro groups is 1. The third-order valence-electron chi connectivity index (χ3n) is 4.74. The van der Waals surface area contributed by atoms with Gasteiger partial charge >= 0.3 is 0 Å². The summed E-state index contributed by atoms with van der Waals surface area (Å²) >= 11 is 0. The van der Waals surface area contributed by atoms with E-state index in [1.165, 1.54) is 0 Å². The molecule has 0 atom stereocenters. The molecule has 3 aromatic rings. The van der Waals surface area contributed by atoms with Crippen molar-refractivity contribution in [3.8, 4) is 0 Å². The summed E-state index contributed by atoms with van der Waals surface area (Å²) in [7, 11) is 0. The van der Waals surface area contributed by atoms with Crippen molar-refractivity contribution in [2.24, 2.45) is 0 Å². The van der Waals surface area contributed by atoms with Gasteiger partial charge in [0.2, 0.25) is 0 Å². The average Bonchev–Trinajstić information content (AvgIpc) is 3.06. The van der Waals surface area contributed by atoms with E-state index in [0.29, 0.717) is 5.39 Å². The highest BCUT2D eigenvalue weighted by Gasteiger charge is 2.22. The van der Waals surface area contributed by atoms with Gasteiger partial charge in [-0.05, 0) is 19.1 Å². The van der Waals surface area contributed by atoms with Gasteiger partial charge < -0.3 is 9.42 Å². The first-order chi connectivity index (χ1) is 12.6. The van der Waals surface area contributed by atoms with Gasteiger partial charge in [0.15, 0.2) is 5.76 Å². The third-order valence-corrected chi connectivity index (χ3v) is 4.74. The molecule has 3 heterocycles. The fraction of sp³-hybridized carbons (Fsp3) is 0.333. The van der Waals surface area contributed by atoms with Crippen LogP contribution in [0.3, 0.4) is 0 Å². The molecular weight excluding hydrogens is 334 g/mol. The highest BCUT2D eigenvalue weighted by Crippen LogP contribution is 2.33. The van der Waals surface area contributed by atoms with Crippen LogP contribution in [0.2, 0.25) is 0 Å². The van der Waals surface area contributed by atoms with E-state index in [9.17, 15) is 10.1 Å². The van der Waals surface area contributed by atoms with Gasteiger partial charge in [0, 0.05) is 61.8 Å². The summed E-state index contributed by atoms with van der Waals surface area (Å²) in [5, 5.41) is 16.6. The minimum atomic E-state index is -0.356. The molecule has 2 aromatic heterocycles. The molecule has 134 valence electrons. The maximum absolute atomic E-state index is 11.3. The second-order valence-electron chi connectivity index (χ2n) is 6.48. The van der Waals surface area contributed by atoms with Crippen molar-refractivity contribution in [3.63, 3.8) is 0 Å². The second-order valence-corrected chi connectivity index (χ2v) is 6.48. The summed E-state index contributed by atoms with van der Waals surface area (Å²) in [6, 6.07) is 7.23. The van der Waals surface area contributed by atoms with E-state index in [4.69, 9.17) is 4.52 Å². The van der Waals surface area contributed by atoms with E-state index in [1.807, 2.05) is 25.1 Å². The number of pyridine rings is 1. The van der Waals surface area contributed by atoms with E-state index in [-0.39, 0.29) is 10.6 Å². The van der Waals surface area contributed by atoms with Crippen molar-refractivity contribution < 1.29 is 9.45 Å². The Labute approximate surface area is 150 Å². The van der Waals surface area contributed by atoms with Gasteiger partial charge in [0.25, 0.3) is 5.69 Å². The van der Waals surface area contributed by atoms with Gasteiger partial charge in [0.05, 0.1) is 22.5 Å². The Bertz CT molecular complexity index is 947. The Balaban J connectivity index is 1.53. The fourth-order valence-corrected chi connectivity index (χ4v) is 3.45. The van der Waals surface area contributed by atoms with Crippen LogP contribution >= 0.6 is 0 Å². The molecule has 0 unspecified atom stereocenters. The number of piperazine rings is 1. The van der Waals surface area contributed by atoms with Crippen LogP contribution in [0.4, 0.5) is 11.4 Å². The lowest BCUT2D eigenvalue weighted by Gasteiger charge is -2.36. The number of benzene rings is 1. The number of aromatic nitrogens is 2. The molecule has 0 N–H and O–H groups in total. The van der Waals surface area contributed by atoms with Gasteiger partial charge in [-0.25, -0.2) is 0 Å². The first-order valence-electron chi connectivity index (χ1n) is 8.52. The van der Waals surface area contributed by atoms with Crippen LogP contribution in [0.5, 0.6) is 0 Å². The van der Waals surface area contributed by atoms with Crippen molar-refractivity contribution in [3.05, 3.63) is 58.2 Å². The first kappa shape index (κ1) is 16.5. The number of fused-ring (bicyclic) bond motifs is 1. The fourth-order valence-electron chi connectivity index (χ4n) is 3.45. The predicted molar refractivity (Wildman–Crippen MR) is 97.1 cm³/mol. The molecule has 0 amide bonds. The molecular formula is C18H19N5O3. The molecule has 1 aliphatic rings. The smallest absolute Gasteiger partial charge is 0.278 e. The van der Waals surface area contributed by atoms with Gasteiger partial charge in [-0.2, -0.15) is 0 Å². The zero-order valence-electron chi connectivity index (χ0n) is 14.5. The van der Waals surface area contributed by atoms with E-state index in [1.54, 1.807) is 18.5 Å². The lowest BCUT2D eigenvalue weighted by atomic mass is 10.1. The molecule has 1 fully saturated rings. The van der Waals surface area contributed by atoms with Crippen molar-refractivity contribution in [1.82, 2.24) is 15.0 Å². The van der Waals surface area contributed by atoms with E-state index >= 15 is 0 Å². The number of aryl methyl sites for hydroxylation is 1. The number of nitro benzene ring substituents is 1. The van der Waals surface area contributed by atoms with Crippen molar-refractivity contribution in [2.45, 2.75) is 13.5 Å². The van der Waals surface area contributed by atoms with Crippen LogP contribution in [0.25, 0.3) is 10.8 Å². The Hall–Kier alpha value is -3.00. The van der Waals surface area contributed by atoms with Crippen LogP contribution in [0, 0.1) is 17.0 Å². The predicted octanol–water partition coefficient (Wildman–Crippen LogP) is 2.76. The number of non-ortho nitro benzene ring substituents is 1. The molecule has 0 aliphatic carbocycles. The lowest BCUT2D eigenvalue weighted by Crippen LogP contribution is -2.46. The zero-order valence-corrected chi connectivity index (χ0v) is 14.5. The minimum Gasteiger partial charge on any atom is -0.368 e. The average molecular weight is 353 g/mol. The van der Waals surface area contributed by atoms with Gasteiger partial charge in [0.1, 0.15) is 0 Å². The summed E-state index contributed by atoms with van der Waals surface area (Å²) < 4.78 is 5.30. The number of rotatable bonds is 4. The maximum atomic E-state index is 11.3. The van der Waals surface area contributed by atoms with Crippen molar-refractivity contribution >= 4 is 22.1 Å².